The maximum absolute atomic E-state index is 12.7. The van der Waals surface area contributed by atoms with E-state index >= 15 is 0 Å². The van der Waals surface area contributed by atoms with Crippen LogP contribution >= 0.6 is 11.6 Å². The fraction of sp³-hybridized carbons (Fsp3) is 0.409. The van der Waals surface area contributed by atoms with Gasteiger partial charge in [0.05, 0.1) is 14.2 Å². The minimum Gasteiger partial charge on any atom is -0.497 e. The molecular weight excluding hydrogens is 376 g/mol. The van der Waals surface area contributed by atoms with Gasteiger partial charge in [0.1, 0.15) is 11.5 Å². The first-order chi connectivity index (χ1) is 13.6. The summed E-state index contributed by atoms with van der Waals surface area (Å²) in [6.45, 7) is 4.13. The third-order valence-corrected chi connectivity index (χ3v) is 5.35. The Labute approximate surface area is 171 Å². The molecule has 1 heterocycles. The van der Waals surface area contributed by atoms with E-state index in [-0.39, 0.29) is 5.91 Å². The fourth-order valence-electron chi connectivity index (χ4n) is 3.53. The van der Waals surface area contributed by atoms with Crippen molar-refractivity contribution in [3.05, 3.63) is 58.6 Å². The number of methoxy groups -OCH3 is 2. The van der Waals surface area contributed by atoms with E-state index in [1.807, 2.05) is 41.3 Å². The van der Waals surface area contributed by atoms with Crippen LogP contribution in [0.2, 0.25) is 5.02 Å². The zero-order chi connectivity index (χ0) is 19.9. The molecule has 0 bridgehead atoms. The molecule has 1 fully saturated rings. The summed E-state index contributed by atoms with van der Waals surface area (Å²) in [5.74, 6) is 1.75. The molecule has 1 aliphatic rings. The van der Waals surface area contributed by atoms with E-state index in [9.17, 15) is 4.79 Å². The molecule has 5 nitrogen and oxygen atoms in total. The van der Waals surface area contributed by atoms with Gasteiger partial charge in [-0.15, -0.1) is 0 Å². The molecule has 0 saturated carbocycles. The van der Waals surface area contributed by atoms with Crippen molar-refractivity contribution in [2.24, 2.45) is 0 Å². The molecule has 6 heteroatoms. The van der Waals surface area contributed by atoms with Gasteiger partial charge in [-0.3, -0.25) is 9.69 Å². The van der Waals surface area contributed by atoms with Gasteiger partial charge in [0.25, 0.3) is 0 Å². The lowest BCUT2D eigenvalue weighted by molar-refractivity contribution is -0.133. The minimum atomic E-state index is 0.187. The number of hydrogen-bond donors (Lipinski definition) is 0. The number of nitrogens with zero attached hydrogens (tertiary/aromatic N) is 2. The van der Waals surface area contributed by atoms with Crippen LogP contribution in [0.1, 0.15) is 17.5 Å². The highest BCUT2D eigenvalue weighted by Crippen LogP contribution is 2.25. The maximum atomic E-state index is 12.7. The van der Waals surface area contributed by atoms with Gasteiger partial charge in [0, 0.05) is 44.2 Å². The summed E-state index contributed by atoms with van der Waals surface area (Å²) in [5, 5.41) is 0.763. The van der Waals surface area contributed by atoms with Crippen molar-refractivity contribution in [3.63, 3.8) is 0 Å². The van der Waals surface area contributed by atoms with Crippen LogP contribution in [0.5, 0.6) is 11.5 Å². The molecule has 2 aromatic carbocycles. The number of carbonyl (C=O) groups is 1. The van der Waals surface area contributed by atoms with E-state index < -0.39 is 0 Å². The molecular formula is C22H27ClN2O3. The van der Waals surface area contributed by atoms with E-state index in [1.165, 1.54) is 5.56 Å². The number of ether oxygens (including phenoxy) is 2. The van der Waals surface area contributed by atoms with Crippen LogP contribution in [-0.2, 0) is 17.8 Å². The quantitative estimate of drug-likeness (QED) is 0.709. The second-order valence-corrected chi connectivity index (χ2v) is 7.40. The SMILES string of the molecule is COc1ccc(OC)c(CCC(=O)N2CCN(Cc3cccc(Cl)c3)CC2)c1. The van der Waals surface area contributed by atoms with Gasteiger partial charge in [0.2, 0.25) is 5.91 Å². The monoisotopic (exact) mass is 402 g/mol. The lowest BCUT2D eigenvalue weighted by atomic mass is 10.1. The number of hydrogen-bond acceptors (Lipinski definition) is 4. The van der Waals surface area contributed by atoms with Crippen LogP contribution in [0.25, 0.3) is 0 Å². The number of benzene rings is 2. The Morgan fingerprint density at radius 3 is 2.50 bits per heavy atom. The van der Waals surface area contributed by atoms with Crippen LogP contribution in [0.4, 0.5) is 0 Å². The van der Waals surface area contributed by atoms with Crippen LogP contribution in [0.3, 0.4) is 0 Å². The first-order valence-corrected chi connectivity index (χ1v) is 9.92. The van der Waals surface area contributed by atoms with E-state index in [0.29, 0.717) is 12.8 Å². The Hall–Kier alpha value is -2.24. The number of carbonyl (C=O) groups excluding carboxylic acids is 1. The van der Waals surface area contributed by atoms with Gasteiger partial charge < -0.3 is 14.4 Å². The molecule has 2 aromatic rings. The van der Waals surface area contributed by atoms with E-state index in [0.717, 1.165) is 54.8 Å². The van der Waals surface area contributed by atoms with E-state index in [4.69, 9.17) is 21.1 Å². The Kier molecular flexibility index (Phi) is 7.18. The molecule has 0 aliphatic carbocycles. The van der Waals surface area contributed by atoms with Gasteiger partial charge in [0.15, 0.2) is 0 Å². The first-order valence-electron chi connectivity index (χ1n) is 9.54. The Balaban J connectivity index is 1.49. The molecule has 28 heavy (non-hydrogen) atoms. The maximum Gasteiger partial charge on any atom is 0.222 e. The highest BCUT2D eigenvalue weighted by molar-refractivity contribution is 6.30. The van der Waals surface area contributed by atoms with Crippen LogP contribution < -0.4 is 9.47 Å². The van der Waals surface area contributed by atoms with E-state index in [1.54, 1.807) is 14.2 Å². The third-order valence-electron chi connectivity index (χ3n) is 5.12. The Bertz CT molecular complexity index is 804. The second-order valence-electron chi connectivity index (χ2n) is 6.96. The summed E-state index contributed by atoms with van der Waals surface area (Å²) >= 11 is 6.06. The predicted molar refractivity (Wildman–Crippen MR) is 111 cm³/mol. The van der Waals surface area contributed by atoms with Crippen molar-refractivity contribution in [3.8, 4) is 11.5 Å². The standard InChI is InChI=1S/C22H27ClN2O3/c1-27-20-7-8-21(28-2)18(15-20)6-9-22(26)25-12-10-24(11-13-25)16-17-4-3-5-19(23)14-17/h3-5,7-8,14-15H,6,9-13,16H2,1-2H3. The summed E-state index contributed by atoms with van der Waals surface area (Å²) < 4.78 is 10.7. The molecule has 1 saturated heterocycles. The smallest absolute Gasteiger partial charge is 0.222 e. The number of halogens is 1. The Morgan fingerprint density at radius 1 is 1.04 bits per heavy atom. The van der Waals surface area contributed by atoms with Crippen molar-refractivity contribution in [1.29, 1.82) is 0 Å². The normalized spacial score (nSPS) is 14.8. The molecule has 3 rings (SSSR count). The predicted octanol–water partition coefficient (Wildman–Crippen LogP) is 3.63. The number of aryl methyl sites for hydroxylation is 1. The van der Waals surface area contributed by atoms with Crippen LogP contribution in [0.15, 0.2) is 42.5 Å². The third kappa shape index (κ3) is 5.40. The average Bonchev–Trinajstić information content (AvgIpc) is 2.72. The van der Waals surface area contributed by atoms with Gasteiger partial charge in [-0.05, 0) is 47.9 Å². The molecule has 150 valence electrons. The molecule has 0 atom stereocenters. The Morgan fingerprint density at radius 2 is 1.82 bits per heavy atom. The first kappa shape index (κ1) is 20.5. The minimum absolute atomic E-state index is 0.187. The van der Waals surface area contributed by atoms with Crippen molar-refractivity contribution in [2.75, 3.05) is 40.4 Å². The zero-order valence-electron chi connectivity index (χ0n) is 16.5. The molecule has 0 unspecified atom stereocenters. The summed E-state index contributed by atoms with van der Waals surface area (Å²) in [4.78, 5) is 17.0. The zero-order valence-corrected chi connectivity index (χ0v) is 17.2. The van der Waals surface area contributed by atoms with Gasteiger partial charge in [-0.25, -0.2) is 0 Å². The van der Waals surface area contributed by atoms with Crippen molar-refractivity contribution in [1.82, 2.24) is 9.80 Å². The highest BCUT2D eigenvalue weighted by atomic mass is 35.5. The lowest BCUT2D eigenvalue weighted by Crippen LogP contribution is -2.48. The lowest BCUT2D eigenvalue weighted by Gasteiger charge is -2.35. The van der Waals surface area contributed by atoms with Gasteiger partial charge in [-0.1, -0.05) is 23.7 Å². The highest BCUT2D eigenvalue weighted by Gasteiger charge is 2.21. The van der Waals surface area contributed by atoms with Crippen molar-refractivity contribution in [2.45, 2.75) is 19.4 Å². The summed E-state index contributed by atoms with van der Waals surface area (Å²) in [7, 11) is 3.28. The fourth-order valence-corrected chi connectivity index (χ4v) is 3.74. The van der Waals surface area contributed by atoms with Gasteiger partial charge in [-0.2, -0.15) is 0 Å². The molecule has 1 amide bonds. The molecule has 0 aromatic heterocycles. The molecule has 0 spiro atoms. The number of rotatable bonds is 7. The topological polar surface area (TPSA) is 42.0 Å². The summed E-state index contributed by atoms with van der Waals surface area (Å²) in [6, 6.07) is 13.6. The van der Waals surface area contributed by atoms with Crippen LogP contribution in [0, 0.1) is 0 Å². The summed E-state index contributed by atoms with van der Waals surface area (Å²) in [5.41, 5.74) is 2.20. The second kappa shape index (κ2) is 9.80. The van der Waals surface area contributed by atoms with Crippen LogP contribution in [-0.4, -0.2) is 56.1 Å². The van der Waals surface area contributed by atoms with Gasteiger partial charge >= 0.3 is 0 Å². The number of amides is 1. The van der Waals surface area contributed by atoms with Crippen molar-refractivity contribution >= 4 is 17.5 Å². The van der Waals surface area contributed by atoms with Crippen molar-refractivity contribution < 1.29 is 14.3 Å². The molecule has 0 N–H and O–H groups in total. The molecule has 0 radical (unpaired) electrons. The summed E-state index contributed by atoms with van der Waals surface area (Å²) in [6.07, 6.45) is 1.11. The largest absolute Gasteiger partial charge is 0.497 e. The van der Waals surface area contributed by atoms with E-state index in [2.05, 4.69) is 11.0 Å². The molecule has 1 aliphatic heterocycles. The number of piperazine rings is 1. The average molecular weight is 403 g/mol.